The molecule has 3 aromatic rings. The second-order valence-corrected chi connectivity index (χ2v) is 6.39. The summed E-state index contributed by atoms with van der Waals surface area (Å²) >= 11 is 1.26. The molecule has 0 aliphatic rings. The van der Waals surface area contributed by atoms with E-state index in [1.165, 1.54) is 17.4 Å². The quantitative estimate of drug-likeness (QED) is 0.687. The van der Waals surface area contributed by atoms with E-state index in [1.54, 1.807) is 42.6 Å². The van der Waals surface area contributed by atoms with Crippen LogP contribution in [-0.4, -0.2) is 29.9 Å². The first-order chi connectivity index (χ1) is 12.1. The number of methoxy groups -OCH3 is 1. The highest BCUT2D eigenvalue weighted by Gasteiger charge is 2.17. The van der Waals surface area contributed by atoms with Crippen molar-refractivity contribution in [2.45, 2.75) is 6.54 Å². The van der Waals surface area contributed by atoms with E-state index in [-0.39, 0.29) is 11.7 Å². The van der Waals surface area contributed by atoms with Gasteiger partial charge in [-0.2, -0.15) is 0 Å². The summed E-state index contributed by atoms with van der Waals surface area (Å²) in [5.41, 5.74) is 1.71. The van der Waals surface area contributed by atoms with Crippen LogP contribution < -0.4 is 4.74 Å². The Bertz CT molecular complexity index is 877. The van der Waals surface area contributed by atoms with Gasteiger partial charge in [-0.3, -0.25) is 4.79 Å². The number of nitrogens with zero attached hydrogens (tertiary/aromatic N) is 2. The van der Waals surface area contributed by atoms with Gasteiger partial charge < -0.3 is 9.64 Å². The molecule has 3 rings (SSSR count). The van der Waals surface area contributed by atoms with Crippen LogP contribution in [0.5, 0.6) is 5.75 Å². The van der Waals surface area contributed by atoms with Gasteiger partial charge in [0, 0.05) is 24.5 Å². The Morgan fingerprint density at radius 1 is 1.20 bits per heavy atom. The Kier molecular flexibility index (Phi) is 5.09. The molecule has 25 heavy (non-hydrogen) atoms. The SMILES string of the molecule is COc1ccc(CN(C)C(=O)c2csc(-c3ccccc3F)n2)cc1. The van der Waals surface area contributed by atoms with Crippen LogP contribution in [0.25, 0.3) is 10.6 Å². The van der Waals surface area contributed by atoms with E-state index < -0.39 is 0 Å². The highest BCUT2D eigenvalue weighted by molar-refractivity contribution is 7.13. The topological polar surface area (TPSA) is 42.4 Å². The van der Waals surface area contributed by atoms with E-state index in [2.05, 4.69) is 4.98 Å². The number of benzene rings is 2. The van der Waals surface area contributed by atoms with Gasteiger partial charge >= 0.3 is 0 Å². The predicted molar refractivity (Wildman–Crippen MR) is 96.3 cm³/mol. The zero-order valence-corrected chi connectivity index (χ0v) is 14.7. The van der Waals surface area contributed by atoms with Crippen molar-refractivity contribution in [3.05, 3.63) is 71.0 Å². The fourth-order valence-corrected chi connectivity index (χ4v) is 3.22. The summed E-state index contributed by atoms with van der Waals surface area (Å²) < 4.78 is 19.0. The van der Waals surface area contributed by atoms with Gasteiger partial charge in [-0.25, -0.2) is 9.37 Å². The minimum atomic E-state index is -0.345. The van der Waals surface area contributed by atoms with Gasteiger partial charge in [0.05, 0.1) is 7.11 Å². The molecule has 0 atom stereocenters. The smallest absolute Gasteiger partial charge is 0.273 e. The molecule has 1 aromatic heterocycles. The molecule has 0 saturated heterocycles. The minimum Gasteiger partial charge on any atom is -0.497 e. The molecule has 0 fully saturated rings. The molecule has 0 N–H and O–H groups in total. The van der Waals surface area contributed by atoms with Crippen LogP contribution in [0, 0.1) is 5.82 Å². The molecule has 0 aliphatic heterocycles. The lowest BCUT2D eigenvalue weighted by atomic mass is 10.2. The average Bonchev–Trinajstić information content (AvgIpc) is 3.12. The number of carbonyl (C=O) groups excluding carboxylic acids is 1. The van der Waals surface area contributed by atoms with Gasteiger partial charge in [-0.05, 0) is 29.8 Å². The first-order valence-electron chi connectivity index (χ1n) is 7.67. The molecule has 1 amide bonds. The Morgan fingerprint density at radius 2 is 1.92 bits per heavy atom. The van der Waals surface area contributed by atoms with E-state index >= 15 is 0 Å². The number of halogens is 1. The van der Waals surface area contributed by atoms with E-state index in [1.807, 2.05) is 24.3 Å². The monoisotopic (exact) mass is 356 g/mol. The maximum Gasteiger partial charge on any atom is 0.273 e. The summed E-state index contributed by atoms with van der Waals surface area (Å²) in [5, 5.41) is 2.16. The third-order valence-electron chi connectivity index (χ3n) is 3.75. The van der Waals surface area contributed by atoms with Gasteiger partial charge in [0.25, 0.3) is 5.91 Å². The van der Waals surface area contributed by atoms with Crippen molar-refractivity contribution in [2.24, 2.45) is 0 Å². The van der Waals surface area contributed by atoms with Gasteiger partial charge in [0.15, 0.2) is 0 Å². The third-order valence-corrected chi connectivity index (χ3v) is 4.63. The molecule has 0 bridgehead atoms. The molecule has 1 heterocycles. The van der Waals surface area contributed by atoms with E-state index in [4.69, 9.17) is 4.74 Å². The maximum atomic E-state index is 13.9. The van der Waals surface area contributed by atoms with Crippen molar-refractivity contribution in [2.75, 3.05) is 14.2 Å². The highest BCUT2D eigenvalue weighted by Crippen LogP contribution is 2.26. The second-order valence-electron chi connectivity index (χ2n) is 5.53. The molecular formula is C19H17FN2O2S. The zero-order valence-electron chi connectivity index (χ0n) is 13.9. The second kappa shape index (κ2) is 7.44. The summed E-state index contributed by atoms with van der Waals surface area (Å²) in [6.07, 6.45) is 0. The molecule has 0 unspecified atom stereocenters. The number of amides is 1. The highest BCUT2D eigenvalue weighted by atomic mass is 32.1. The molecule has 0 radical (unpaired) electrons. The number of carbonyl (C=O) groups is 1. The van der Waals surface area contributed by atoms with Gasteiger partial charge in [-0.1, -0.05) is 24.3 Å². The molecule has 6 heteroatoms. The van der Waals surface area contributed by atoms with Crippen molar-refractivity contribution < 1.29 is 13.9 Å². The molecular weight excluding hydrogens is 339 g/mol. The van der Waals surface area contributed by atoms with Crippen LogP contribution in [-0.2, 0) is 6.54 Å². The maximum absolute atomic E-state index is 13.9. The first kappa shape index (κ1) is 17.1. The van der Waals surface area contributed by atoms with Crippen LogP contribution in [0.1, 0.15) is 16.1 Å². The van der Waals surface area contributed by atoms with Crippen molar-refractivity contribution in [3.8, 4) is 16.3 Å². The number of hydrogen-bond donors (Lipinski definition) is 0. The molecule has 0 spiro atoms. The van der Waals surface area contributed by atoms with Gasteiger partial charge in [0.1, 0.15) is 22.3 Å². The summed E-state index contributed by atoms with van der Waals surface area (Å²) in [6, 6.07) is 13.9. The summed E-state index contributed by atoms with van der Waals surface area (Å²) in [5.74, 6) is 0.226. The fraction of sp³-hybridized carbons (Fsp3) is 0.158. The van der Waals surface area contributed by atoms with Crippen LogP contribution >= 0.6 is 11.3 Å². The lowest BCUT2D eigenvalue weighted by molar-refractivity contribution is 0.0780. The predicted octanol–water partition coefficient (Wildman–Crippen LogP) is 4.23. The third kappa shape index (κ3) is 3.85. The van der Waals surface area contributed by atoms with Crippen molar-refractivity contribution in [1.29, 1.82) is 0 Å². The molecule has 2 aromatic carbocycles. The fourth-order valence-electron chi connectivity index (χ4n) is 2.40. The van der Waals surface area contributed by atoms with Gasteiger partial charge in [0.2, 0.25) is 0 Å². The van der Waals surface area contributed by atoms with E-state index in [9.17, 15) is 9.18 Å². The van der Waals surface area contributed by atoms with Crippen LogP contribution in [0.3, 0.4) is 0 Å². The molecule has 4 nitrogen and oxygen atoms in total. The van der Waals surface area contributed by atoms with Crippen molar-refractivity contribution in [1.82, 2.24) is 9.88 Å². The number of aromatic nitrogens is 1. The first-order valence-corrected chi connectivity index (χ1v) is 8.55. The Balaban J connectivity index is 1.73. The average molecular weight is 356 g/mol. The Morgan fingerprint density at radius 3 is 2.60 bits per heavy atom. The number of rotatable bonds is 5. The standard InChI is InChI=1S/C19H17FN2O2S/c1-22(11-13-7-9-14(24-2)10-8-13)19(23)17-12-25-18(21-17)15-5-3-4-6-16(15)20/h3-10,12H,11H2,1-2H3. The molecule has 128 valence electrons. The lowest BCUT2D eigenvalue weighted by Gasteiger charge is -2.16. The van der Waals surface area contributed by atoms with Crippen molar-refractivity contribution in [3.63, 3.8) is 0 Å². The largest absolute Gasteiger partial charge is 0.497 e. The summed E-state index contributed by atoms with van der Waals surface area (Å²) in [7, 11) is 3.33. The van der Waals surface area contributed by atoms with Crippen LogP contribution in [0.4, 0.5) is 4.39 Å². The normalized spacial score (nSPS) is 10.5. The van der Waals surface area contributed by atoms with Crippen molar-refractivity contribution >= 4 is 17.2 Å². The zero-order chi connectivity index (χ0) is 17.8. The van der Waals surface area contributed by atoms with Gasteiger partial charge in [-0.15, -0.1) is 11.3 Å². The number of hydrogen-bond acceptors (Lipinski definition) is 4. The lowest BCUT2D eigenvalue weighted by Crippen LogP contribution is -2.26. The van der Waals surface area contributed by atoms with Crippen LogP contribution in [0.15, 0.2) is 53.9 Å². The Hall–Kier alpha value is -2.73. The summed E-state index contributed by atoms with van der Waals surface area (Å²) in [6.45, 7) is 0.454. The number of ether oxygens (including phenoxy) is 1. The summed E-state index contributed by atoms with van der Waals surface area (Å²) in [4.78, 5) is 18.4. The molecule has 0 aliphatic carbocycles. The molecule has 0 saturated carbocycles. The van der Waals surface area contributed by atoms with Crippen LogP contribution in [0.2, 0.25) is 0 Å². The Labute approximate surface area is 149 Å². The van der Waals surface area contributed by atoms with E-state index in [0.717, 1.165) is 11.3 Å². The number of thiazole rings is 1. The minimum absolute atomic E-state index is 0.199. The van der Waals surface area contributed by atoms with E-state index in [0.29, 0.717) is 22.8 Å².